The second kappa shape index (κ2) is 10.1. The molecule has 1 atom stereocenters. The zero-order valence-electron chi connectivity index (χ0n) is 17.1. The summed E-state index contributed by atoms with van der Waals surface area (Å²) < 4.78 is 0.996. The summed E-state index contributed by atoms with van der Waals surface area (Å²) >= 11 is 3.48. The number of aryl methyl sites for hydroxylation is 1. The molecular formula is C24H29BrN2O2. The second-order valence-electron chi connectivity index (χ2n) is 8.16. The Morgan fingerprint density at radius 3 is 2.41 bits per heavy atom. The third kappa shape index (κ3) is 6.17. The van der Waals surface area contributed by atoms with Crippen LogP contribution in [0.4, 0.5) is 5.69 Å². The van der Waals surface area contributed by atoms with Crippen LogP contribution in [0.2, 0.25) is 0 Å². The minimum atomic E-state index is -0.604. The predicted molar refractivity (Wildman–Crippen MR) is 121 cm³/mol. The van der Waals surface area contributed by atoms with Gasteiger partial charge in [-0.2, -0.15) is 0 Å². The molecule has 0 unspecified atom stereocenters. The topological polar surface area (TPSA) is 58.2 Å². The molecule has 0 aromatic heterocycles. The highest BCUT2D eigenvalue weighted by Gasteiger charge is 2.28. The Kier molecular flexibility index (Phi) is 7.48. The first-order valence-corrected chi connectivity index (χ1v) is 11.1. The van der Waals surface area contributed by atoms with Crippen LogP contribution >= 0.6 is 15.9 Å². The summed E-state index contributed by atoms with van der Waals surface area (Å²) in [5.41, 5.74) is 2.80. The Labute approximate surface area is 181 Å². The number of hydrogen-bond donors (Lipinski definition) is 2. The van der Waals surface area contributed by atoms with E-state index in [2.05, 4.69) is 33.5 Å². The fourth-order valence-electron chi connectivity index (χ4n) is 3.82. The summed E-state index contributed by atoms with van der Waals surface area (Å²) in [6.45, 7) is 4.22. The van der Waals surface area contributed by atoms with Gasteiger partial charge in [0.05, 0.1) is 0 Å². The molecule has 3 rings (SSSR count). The molecule has 29 heavy (non-hydrogen) atoms. The van der Waals surface area contributed by atoms with E-state index in [9.17, 15) is 9.59 Å². The van der Waals surface area contributed by atoms with Crippen molar-refractivity contribution < 1.29 is 9.59 Å². The van der Waals surface area contributed by atoms with Crippen molar-refractivity contribution in [2.24, 2.45) is 11.8 Å². The van der Waals surface area contributed by atoms with E-state index in [1.807, 2.05) is 55.5 Å². The molecule has 2 amide bonds. The number of amides is 2. The summed E-state index contributed by atoms with van der Waals surface area (Å²) in [4.78, 5) is 25.9. The average molecular weight is 457 g/mol. The molecule has 5 heteroatoms. The number of benzene rings is 2. The van der Waals surface area contributed by atoms with Gasteiger partial charge in [-0.25, -0.2) is 0 Å². The predicted octanol–water partition coefficient (Wildman–Crippen LogP) is 5.25. The smallest absolute Gasteiger partial charge is 0.247 e. The van der Waals surface area contributed by atoms with Crippen molar-refractivity contribution in [2.45, 2.75) is 52.0 Å². The lowest BCUT2D eigenvalue weighted by molar-refractivity contribution is -0.130. The van der Waals surface area contributed by atoms with Gasteiger partial charge in [0.1, 0.15) is 6.04 Å². The van der Waals surface area contributed by atoms with Crippen molar-refractivity contribution in [1.29, 1.82) is 0 Å². The first-order chi connectivity index (χ1) is 13.9. The minimum absolute atomic E-state index is 0.0000298. The molecule has 0 spiro atoms. The van der Waals surface area contributed by atoms with Crippen molar-refractivity contribution in [1.82, 2.24) is 5.32 Å². The van der Waals surface area contributed by atoms with Crippen molar-refractivity contribution in [3.63, 3.8) is 0 Å². The number of carbonyl (C=O) groups is 2. The fourth-order valence-corrected chi connectivity index (χ4v) is 4.07. The fraction of sp³-hybridized carbons (Fsp3) is 0.417. The number of rotatable bonds is 6. The van der Waals surface area contributed by atoms with Gasteiger partial charge >= 0.3 is 0 Å². The van der Waals surface area contributed by atoms with Crippen LogP contribution in [0.15, 0.2) is 53.0 Å². The van der Waals surface area contributed by atoms with Crippen LogP contribution < -0.4 is 10.6 Å². The second-order valence-corrected chi connectivity index (χ2v) is 9.02. The molecule has 4 nitrogen and oxygen atoms in total. The summed E-state index contributed by atoms with van der Waals surface area (Å²) in [5, 5.41) is 6.01. The molecule has 2 aromatic carbocycles. The van der Waals surface area contributed by atoms with E-state index in [1.54, 1.807) is 0 Å². The Bertz CT molecular complexity index is 845. The Morgan fingerprint density at radius 2 is 1.76 bits per heavy atom. The average Bonchev–Trinajstić information content (AvgIpc) is 2.71. The molecule has 0 saturated heterocycles. The van der Waals surface area contributed by atoms with E-state index in [0.717, 1.165) is 47.0 Å². The van der Waals surface area contributed by atoms with Crippen molar-refractivity contribution in [2.75, 3.05) is 5.32 Å². The number of halogens is 1. The first-order valence-electron chi connectivity index (χ1n) is 10.3. The van der Waals surface area contributed by atoms with E-state index >= 15 is 0 Å². The maximum atomic E-state index is 13.0. The molecule has 0 radical (unpaired) electrons. The summed E-state index contributed by atoms with van der Waals surface area (Å²) in [6.07, 6.45) is 4.42. The minimum Gasteiger partial charge on any atom is -0.344 e. The van der Waals surface area contributed by atoms with Crippen LogP contribution in [0.3, 0.4) is 0 Å². The van der Waals surface area contributed by atoms with Gasteiger partial charge in [0.25, 0.3) is 0 Å². The van der Waals surface area contributed by atoms with Gasteiger partial charge in [0.2, 0.25) is 11.8 Å². The molecule has 2 N–H and O–H groups in total. The van der Waals surface area contributed by atoms with Gasteiger partial charge in [-0.3, -0.25) is 9.59 Å². The summed E-state index contributed by atoms with van der Waals surface area (Å²) in [5.74, 6) is 0.503. The Morgan fingerprint density at radius 1 is 1.07 bits per heavy atom. The number of anilines is 1. The quantitative estimate of drug-likeness (QED) is 0.623. The first kappa shape index (κ1) is 21.6. The lowest BCUT2D eigenvalue weighted by Crippen LogP contribution is -2.47. The number of nitrogens with one attached hydrogen (secondary N) is 2. The van der Waals surface area contributed by atoms with E-state index < -0.39 is 6.04 Å². The van der Waals surface area contributed by atoms with E-state index in [1.165, 1.54) is 0 Å². The molecule has 1 fully saturated rings. The lowest BCUT2D eigenvalue weighted by atomic mass is 9.82. The Hall–Kier alpha value is -2.14. The van der Waals surface area contributed by atoms with Gasteiger partial charge in [-0.15, -0.1) is 0 Å². The number of hydrogen-bond acceptors (Lipinski definition) is 2. The van der Waals surface area contributed by atoms with Crippen LogP contribution in [0, 0.1) is 18.8 Å². The van der Waals surface area contributed by atoms with Gasteiger partial charge in [0, 0.05) is 22.5 Å². The van der Waals surface area contributed by atoms with Crippen LogP contribution in [0.1, 0.15) is 43.7 Å². The zero-order valence-corrected chi connectivity index (χ0v) is 18.7. The highest BCUT2D eigenvalue weighted by molar-refractivity contribution is 9.10. The largest absolute Gasteiger partial charge is 0.344 e. The Balaban J connectivity index is 1.72. The van der Waals surface area contributed by atoms with Gasteiger partial charge in [-0.05, 0) is 67.9 Å². The molecule has 2 aromatic rings. The lowest BCUT2D eigenvalue weighted by Gasteiger charge is -2.27. The molecule has 0 bridgehead atoms. The zero-order chi connectivity index (χ0) is 20.8. The third-order valence-electron chi connectivity index (χ3n) is 5.73. The highest BCUT2D eigenvalue weighted by atomic mass is 79.9. The molecule has 1 aliphatic carbocycles. The van der Waals surface area contributed by atoms with Crippen molar-refractivity contribution in [3.8, 4) is 0 Å². The van der Waals surface area contributed by atoms with E-state index in [0.29, 0.717) is 12.3 Å². The molecule has 1 saturated carbocycles. The van der Waals surface area contributed by atoms with Crippen LogP contribution in [-0.2, 0) is 16.0 Å². The maximum absolute atomic E-state index is 13.0. The molecule has 1 aliphatic rings. The van der Waals surface area contributed by atoms with Gasteiger partial charge in [0.15, 0.2) is 0 Å². The summed E-state index contributed by atoms with van der Waals surface area (Å²) in [7, 11) is 0. The third-order valence-corrected chi connectivity index (χ3v) is 6.62. The van der Waals surface area contributed by atoms with E-state index in [-0.39, 0.29) is 17.7 Å². The molecule has 154 valence electrons. The van der Waals surface area contributed by atoms with Crippen molar-refractivity contribution in [3.05, 3.63) is 64.1 Å². The van der Waals surface area contributed by atoms with Crippen LogP contribution in [0.5, 0.6) is 0 Å². The van der Waals surface area contributed by atoms with Crippen LogP contribution in [-0.4, -0.2) is 17.9 Å². The maximum Gasteiger partial charge on any atom is 0.247 e. The van der Waals surface area contributed by atoms with E-state index in [4.69, 9.17) is 0 Å². The SMILES string of the molecule is Cc1cc(NC(=O)[C@@H](Cc2ccccc2)NC(=O)C2CCC(C)CC2)ccc1Br. The molecule has 0 heterocycles. The van der Waals surface area contributed by atoms with Gasteiger partial charge < -0.3 is 10.6 Å². The summed E-state index contributed by atoms with van der Waals surface area (Å²) in [6, 6.07) is 14.9. The van der Waals surface area contributed by atoms with Crippen molar-refractivity contribution >= 4 is 33.4 Å². The monoisotopic (exact) mass is 456 g/mol. The number of carbonyl (C=O) groups excluding carboxylic acids is 2. The normalized spacial score (nSPS) is 20.0. The molecular weight excluding hydrogens is 428 g/mol. The van der Waals surface area contributed by atoms with Crippen LogP contribution in [0.25, 0.3) is 0 Å². The van der Waals surface area contributed by atoms with Gasteiger partial charge in [-0.1, -0.05) is 53.2 Å². The highest BCUT2D eigenvalue weighted by Crippen LogP contribution is 2.28. The molecule has 0 aliphatic heterocycles. The standard InChI is InChI=1S/C24H29BrN2O2/c1-16-8-10-19(11-9-16)23(28)27-22(15-18-6-4-3-5-7-18)24(29)26-20-12-13-21(25)17(2)14-20/h3-7,12-14,16,19,22H,8-11,15H2,1-2H3,(H,26,29)(H,27,28)/t16?,19?,22-/m1/s1.